The summed E-state index contributed by atoms with van der Waals surface area (Å²) in [6.07, 6.45) is 11.7. The second-order valence-corrected chi connectivity index (χ2v) is 5.85. The van der Waals surface area contributed by atoms with Crippen molar-refractivity contribution < 1.29 is 0 Å². The van der Waals surface area contributed by atoms with Gasteiger partial charge in [-0.25, -0.2) is 0 Å². The molecule has 0 spiro atoms. The smallest absolute Gasteiger partial charge is 0.0123 e. The molecule has 0 unspecified atom stereocenters. The lowest BCUT2D eigenvalue weighted by atomic mass is 9.78. The van der Waals surface area contributed by atoms with Crippen molar-refractivity contribution in [3.8, 4) is 0 Å². The zero-order valence-electron chi connectivity index (χ0n) is 11.6. The Bertz CT molecular complexity index is 203. The lowest BCUT2D eigenvalue weighted by Gasteiger charge is -2.44. The average molecular weight is 238 g/mol. The summed E-state index contributed by atoms with van der Waals surface area (Å²) in [6, 6.07) is 0.955. The first-order valence-electron chi connectivity index (χ1n) is 7.86. The molecule has 2 aliphatic rings. The number of hydrogen-bond acceptors (Lipinski definition) is 2. The largest absolute Gasteiger partial charge is 0.317 e. The van der Waals surface area contributed by atoms with Gasteiger partial charge in [0, 0.05) is 6.04 Å². The van der Waals surface area contributed by atoms with Crippen LogP contribution in [0.5, 0.6) is 0 Å². The summed E-state index contributed by atoms with van der Waals surface area (Å²) in [6.45, 7) is 7.25. The molecular weight excluding hydrogens is 208 g/mol. The minimum Gasteiger partial charge on any atom is -0.317 e. The molecule has 1 aliphatic carbocycles. The van der Waals surface area contributed by atoms with Gasteiger partial charge >= 0.3 is 0 Å². The number of piperidine rings is 1. The van der Waals surface area contributed by atoms with Crippen molar-refractivity contribution in [1.29, 1.82) is 0 Å². The van der Waals surface area contributed by atoms with Crippen molar-refractivity contribution in [2.45, 2.75) is 64.3 Å². The molecule has 100 valence electrons. The SMILES string of the molecule is CCNCCCCN1CCC[C@H]2CCCC[C@H]21. The van der Waals surface area contributed by atoms with E-state index in [1.807, 2.05) is 0 Å². The van der Waals surface area contributed by atoms with Crippen LogP contribution in [-0.2, 0) is 0 Å². The Balaban J connectivity index is 1.67. The van der Waals surface area contributed by atoms with Crippen LogP contribution in [0.15, 0.2) is 0 Å². The molecule has 2 fully saturated rings. The second kappa shape index (κ2) is 7.38. The van der Waals surface area contributed by atoms with Gasteiger partial charge in [-0.1, -0.05) is 19.8 Å². The van der Waals surface area contributed by atoms with Gasteiger partial charge in [-0.3, -0.25) is 0 Å². The number of nitrogens with zero attached hydrogens (tertiary/aromatic N) is 1. The van der Waals surface area contributed by atoms with Gasteiger partial charge in [-0.15, -0.1) is 0 Å². The summed E-state index contributed by atoms with van der Waals surface area (Å²) in [5, 5.41) is 3.42. The molecule has 0 aromatic carbocycles. The van der Waals surface area contributed by atoms with Crippen LogP contribution in [0.1, 0.15) is 58.3 Å². The molecule has 2 atom stereocenters. The van der Waals surface area contributed by atoms with Crippen LogP contribution >= 0.6 is 0 Å². The van der Waals surface area contributed by atoms with E-state index in [0.29, 0.717) is 0 Å². The van der Waals surface area contributed by atoms with Gasteiger partial charge in [0.1, 0.15) is 0 Å². The number of nitrogens with one attached hydrogen (secondary N) is 1. The average Bonchev–Trinajstić information content (AvgIpc) is 2.39. The highest BCUT2D eigenvalue weighted by atomic mass is 15.2. The molecule has 1 aliphatic heterocycles. The fraction of sp³-hybridized carbons (Fsp3) is 1.00. The number of fused-ring (bicyclic) bond motifs is 1. The molecular formula is C15H30N2. The minimum absolute atomic E-state index is 0.955. The van der Waals surface area contributed by atoms with Crippen LogP contribution in [0.4, 0.5) is 0 Å². The van der Waals surface area contributed by atoms with Crippen molar-refractivity contribution in [2.24, 2.45) is 5.92 Å². The van der Waals surface area contributed by atoms with Crippen LogP contribution in [-0.4, -0.2) is 37.1 Å². The van der Waals surface area contributed by atoms with E-state index < -0.39 is 0 Å². The van der Waals surface area contributed by atoms with Crippen molar-refractivity contribution in [1.82, 2.24) is 10.2 Å². The fourth-order valence-corrected chi connectivity index (χ4v) is 3.75. The van der Waals surface area contributed by atoms with Crippen molar-refractivity contribution >= 4 is 0 Å². The molecule has 1 N–H and O–H groups in total. The van der Waals surface area contributed by atoms with E-state index in [2.05, 4.69) is 17.1 Å². The summed E-state index contributed by atoms with van der Waals surface area (Å²) in [7, 11) is 0. The van der Waals surface area contributed by atoms with Crippen LogP contribution in [0.25, 0.3) is 0 Å². The first kappa shape index (κ1) is 13.4. The Morgan fingerprint density at radius 3 is 2.76 bits per heavy atom. The highest BCUT2D eigenvalue weighted by molar-refractivity contribution is 4.87. The van der Waals surface area contributed by atoms with E-state index in [9.17, 15) is 0 Å². The molecule has 0 aromatic rings. The van der Waals surface area contributed by atoms with Crippen molar-refractivity contribution in [2.75, 3.05) is 26.2 Å². The Morgan fingerprint density at radius 1 is 1.06 bits per heavy atom. The van der Waals surface area contributed by atoms with E-state index in [0.717, 1.165) is 18.5 Å². The lowest BCUT2D eigenvalue weighted by molar-refractivity contribution is 0.0597. The summed E-state index contributed by atoms with van der Waals surface area (Å²) < 4.78 is 0. The van der Waals surface area contributed by atoms with Gasteiger partial charge in [-0.05, 0) is 70.6 Å². The van der Waals surface area contributed by atoms with Gasteiger partial charge in [0.25, 0.3) is 0 Å². The van der Waals surface area contributed by atoms with E-state index in [4.69, 9.17) is 0 Å². The van der Waals surface area contributed by atoms with E-state index in [1.54, 1.807) is 0 Å². The third kappa shape index (κ3) is 3.96. The maximum atomic E-state index is 3.42. The van der Waals surface area contributed by atoms with E-state index >= 15 is 0 Å². The molecule has 0 bridgehead atoms. The minimum atomic E-state index is 0.955. The Hall–Kier alpha value is -0.0800. The second-order valence-electron chi connectivity index (χ2n) is 5.85. The molecule has 1 saturated heterocycles. The number of hydrogen-bond donors (Lipinski definition) is 1. The Labute approximate surface area is 107 Å². The van der Waals surface area contributed by atoms with Crippen molar-refractivity contribution in [3.05, 3.63) is 0 Å². The maximum absolute atomic E-state index is 3.42. The third-order valence-corrected chi connectivity index (χ3v) is 4.66. The standard InChI is InChI=1S/C15H30N2/c1-2-16-11-5-6-12-17-13-7-9-14-8-3-4-10-15(14)17/h14-16H,2-13H2,1H3/t14-,15-/m1/s1. The molecule has 0 amide bonds. The monoisotopic (exact) mass is 238 g/mol. The van der Waals surface area contributed by atoms with Gasteiger partial charge in [-0.2, -0.15) is 0 Å². The zero-order chi connectivity index (χ0) is 11.9. The van der Waals surface area contributed by atoms with Crippen LogP contribution in [0.2, 0.25) is 0 Å². The number of rotatable bonds is 6. The van der Waals surface area contributed by atoms with Crippen LogP contribution in [0.3, 0.4) is 0 Å². The molecule has 0 aromatic heterocycles. The molecule has 1 heterocycles. The first-order chi connectivity index (χ1) is 8.42. The topological polar surface area (TPSA) is 15.3 Å². The Morgan fingerprint density at radius 2 is 1.88 bits per heavy atom. The van der Waals surface area contributed by atoms with E-state index in [-0.39, 0.29) is 0 Å². The van der Waals surface area contributed by atoms with E-state index in [1.165, 1.54) is 71.0 Å². The predicted octanol–water partition coefficient (Wildman–Crippen LogP) is 3.03. The predicted molar refractivity (Wildman–Crippen MR) is 74.3 cm³/mol. The summed E-state index contributed by atoms with van der Waals surface area (Å²) in [5.74, 6) is 1.05. The maximum Gasteiger partial charge on any atom is 0.0123 e. The molecule has 17 heavy (non-hydrogen) atoms. The molecule has 2 heteroatoms. The normalized spacial score (nSPS) is 30.2. The fourth-order valence-electron chi connectivity index (χ4n) is 3.75. The summed E-state index contributed by atoms with van der Waals surface area (Å²) >= 11 is 0. The highest BCUT2D eigenvalue weighted by Crippen LogP contribution is 2.35. The van der Waals surface area contributed by atoms with Gasteiger partial charge in [0.05, 0.1) is 0 Å². The summed E-state index contributed by atoms with van der Waals surface area (Å²) in [5.41, 5.74) is 0. The van der Waals surface area contributed by atoms with Gasteiger partial charge in [0.2, 0.25) is 0 Å². The molecule has 2 rings (SSSR count). The van der Waals surface area contributed by atoms with Crippen LogP contribution < -0.4 is 5.32 Å². The number of likely N-dealkylation sites (tertiary alicyclic amines) is 1. The Kier molecular flexibility index (Phi) is 5.79. The number of unbranched alkanes of at least 4 members (excludes halogenated alkanes) is 1. The summed E-state index contributed by atoms with van der Waals surface area (Å²) in [4.78, 5) is 2.82. The van der Waals surface area contributed by atoms with Crippen molar-refractivity contribution in [3.63, 3.8) is 0 Å². The molecule has 0 radical (unpaired) electrons. The third-order valence-electron chi connectivity index (χ3n) is 4.66. The van der Waals surface area contributed by atoms with Gasteiger partial charge in [0.15, 0.2) is 0 Å². The zero-order valence-corrected chi connectivity index (χ0v) is 11.6. The quantitative estimate of drug-likeness (QED) is 0.716. The molecule has 1 saturated carbocycles. The van der Waals surface area contributed by atoms with Crippen LogP contribution in [0, 0.1) is 5.92 Å². The first-order valence-corrected chi connectivity index (χ1v) is 7.86. The lowest BCUT2D eigenvalue weighted by Crippen LogP contribution is -2.47. The van der Waals surface area contributed by atoms with Gasteiger partial charge < -0.3 is 10.2 Å². The highest BCUT2D eigenvalue weighted by Gasteiger charge is 2.32. The molecule has 2 nitrogen and oxygen atoms in total.